The van der Waals surface area contributed by atoms with Gasteiger partial charge in [-0.2, -0.15) is 0 Å². The van der Waals surface area contributed by atoms with Crippen LogP contribution in [0.25, 0.3) is 10.9 Å². The molecule has 0 saturated heterocycles. The number of aromatic amines is 1. The number of ether oxygens (including phenoxy) is 1. The van der Waals surface area contributed by atoms with Crippen molar-refractivity contribution in [2.45, 2.75) is 12.5 Å². The van der Waals surface area contributed by atoms with Gasteiger partial charge in [-0.15, -0.1) is 0 Å². The molecule has 0 aliphatic rings. The average molecular weight is 384 g/mol. The van der Waals surface area contributed by atoms with E-state index in [1.807, 2.05) is 79.0 Å². The molecule has 0 aliphatic heterocycles. The second-order valence-electron chi connectivity index (χ2n) is 7.01. The molecule has 1 atom stereocenters. The molecule has 1 aromatic heterocycles. The van der Waals surface area contributed by atoms with Crippen molar-refractivity contribution in [3.8, 4) is 5.75 Å². The molecule has 146 valence electrons. The number of Topliss-reactive ketones (excluding diaryl/α,β-unsaturated/α-hetero) is 1. The molecule has 3 aromatic carbocycles. The van der Waals surface area contributed by atoms with Gasteiger partial charge < -0.3 is 15.0 Å². The molecule has 0 bridgehead atoms. The van der Waals surface area contributed by atoms with E-state index in [0.717, 1.165) is 28.6 Å². The summed E-state index contributed by atoms with van der Waals surface area (Å²) in [5.74, 6) is 0.913. The fourth-order valence-corrected chi connectivity index (χ4v) is 3.63. The van der Waals surface area contributed by atoms with Gasteiger partial charge in [0.1, 0.15) is 5.75 Å². The van der Waals surface area contributed by atoms with E-state index in [9.17, 15) is 4.79 Å². The maximum atomic E-state index is 13.5. The van der Waals surface area contributed by atoms with Gasteiger partial charge in [-0.3, -0.25) is 4.79 Å². The minimum absolute atomic E-state index is 0.0688. The van der Waals surface area contributed by atoms with Gasteiger partial charge in [0.15, 0.2) is 5.78 Å². The van der Waals surface area contributed by atoms with E-state index >= 15 is 0 Å². The molecule has 0 spiro atoms. The van der Waals surface area contributed by atoms with Crippen LogP contribution in [-0.2, 0) is 6.42 Å². The third kappa shape index (κ3) is 4.23. The number of rotatable bonds is 8. The van der Waals surface area contributed by atoms with Crippen LogP contribution in [0.15, 0.2) is 85.1 Å². The molecule has 4 nitrogen and oxygen atoms in total. The van der Waals surface area contributed by atoms with Crippen molar-refractivity contribution in [2.24, 2.45) is 0 Å². The smallest absolute Gasteiger partial charge is 0.186 e. The number of para-hydroxylation sites is 1. The van der Waals surface area contributed by atoms with Crippen LogP contribution in [0.2, 0.25) is 0 Å². The molecule has 29 heavy (non-hydrogen) atoms. The zero-order valence-corrected chi connectivity index (χ0v) is 16.4. The zero-order valence-electron chi connectivity index (χ0n) is 16.4. The minimum Gasteiger partial charge on any atom is -0.497 e. The number of nitrogens with one attached hydrogen (secondary N) is 2. The van der Waals surface area contributed by atoms with Gasteiger partial charge >= 0.3 is 0 Å². The summed E-state index contributed by atoms with van der Waals surface area (Å²) in [6.45, 7) is 0.681. The maximum absolute atomic E-state index is 13.5. The molecular formula is C25H24N2O2. The predicted molar refractivity (Wildman–Crippen MR) is 117 cm³/mol. The number of aromatic nitrogens is 1. The molecule has 0 aliphatic carbocycles. The Labute approximate surface area is 170 Å². The second kappa shape index (κ2) is 8.76. The van der Waals surface area contributed by atoms with Crippen LogP contribution >= 0.6 is 0 Å². The number of carbonyl (C=O) groups excluding carboxylic acids is 1. The average Bonchev–Trinajstić information content (AvgIpc) is 3.21. The number of ketones is 1. The Balaban J connectivity index is 1.56. The minimum atomic E-state index is -0.402. The fraction of sp³-hybridized carbons (Fsp3) is 0.160. The molecule has 0 radical (unpaired) electrons. The standard InChI is InChI=1S/C25H24N2O2/c1-29-20-11-7-8-18(16-20)14-15-26-24(19-9-3-2-4-10-19)25(28)22-17-27-23-13-6-5-12-21(22)23/h2-13,16-17,24,26-27H,14-15H2,1H3/t24-/m0/s1. The Kier molecular flexibility index (Phi) is 5.73. The van der Waals surface area contributed by atoms with E-state index in [-0.39, 0.29) is 5.78 Å². The lowest BCUT2D eigenvalue weighted by molar-refractivity contribution is 0.0945. The number of benzene rings is 3. The highest BCUT2D eigenvalue weighted by molar-refractivity contribution is 6.10. The fourth-order valence-electron chi connectivity index (χ4n) is 3.63. The topological polar surface area (TPSA) is 54.1 Å². The van der Waals surface area contributed by atoms with Gasteiger partial charge in [0.05, 0.1) is 13.2 Å². The lowest BCUT2D eigenvalue weighted by atomic mass is 9.96. The lowest BCUT2D eigenvalue weighted by Gasteiger charge is -2.18. The molecule has 4 aromatic rings. The van der Waals surface area contributed by atoms with Crippen LogP contribution in [0.1, 0.15) is 27.5 Å². The molecule has 0 saturated carbocycles. The first-order valence-corrected chi connectivity index (χ1v) is 9.78. The van der Waals surface area contributed by atoms with E-state index < -0.39 is 6.04 Å². The van der Waals surface area contributed by atoms with E-state index in [1.54, 1.807) is 7.11 Å². The first-order valence-electron chi connectivity index (χ1n) is 9.78. The van der Waals surface area contributed by atoms with Gasteiger partial charge in [-0.05, 0) is 35.7 Å². The normalized spacial score (nSPS) is 12.0. The van der Waals surface area contributed by atoms with Crippen LogP contribution < -0.4 is 10.1 Å². The van der Waals surface area contributed by atoms with Crippen molar-refractivity contribution in [1.82, 2.24) is 10.3 Å². The van der Waals surface area contributed by atoms with Crippen molar-refractivity contribution < 1.29 is 9.53 Å². The van der Waals surface area contributed by atoms with Gasteiger partial charge in [-0.25, -0.2) is 0 Å². The van der Waals surface area contributed by atoms with Crippen LogP contribution in [0, 0.1) is 0 Å². The van der Waals surface area contributed by atoms with Crippen LogP contribution in [0.4, 0.5) is 0 Å². The Bertz CT molecular complexity index is 1100. The Morgan fingerprint density at radius 2 is 1.79 bits per heavy atom. The molecule has 0 unspecified atom stereocenters. The van der Waals surface area contributed by atoms with Crippen molar-refractivity contribution in [2.75, 3.05) is 13.7 Å². The first kappa shape index (κ1) is 19.0. The third-order valence-electron chi connectivity index (χ3n) is 5.15. The van der Waals surface area contributed by atoms with Crippen molar-refractivity contribution in [1.29, 1.82) is 0 Å². The molecule has 4 heteroatoms. The summed E-state index contributed by atoms with van der Waals surface area (Å²) in [6.07, 6.45) is 2.62. The Morgan fingerprint density at radius 1 is 1.00 bits per heavy atom. The maximum Gasteiger partial charge on any atom is 0.186 e. The highest BCUT2D eigenvalue weighted by atomic mass is 16.5. The van der Waals surface area contributed by atoms with Gasteiger partial charge in [0.2, 0.25) is 0 Å². The molecule has 0 fully saturated rings. The summed E-state index contributed by atoms with van der Waals surface area (Å²) in [6, 6.07) is 25.4. The Hall–Kier alpha value is -3.37. The van der Waals surface area contributed by atoms with Crippen LogP contribution in [-0.4, -0.2) is 24.4 Å². The number of H-pyrrole nitrogens is 1. The van der Waals surface area contributed by atoms with Gasteiger partial charge in [-0.1, -0.05) is 60.7 Å². The quantitative estimate of drug-likeness (QED) is 0.423. The summed E-state index contributed by atoms with van der Waals surface area (Å²) >= 11 is 0. The summed E-state index contributed by atoms with van der Waals surface area (Å²) in [7, 11) is 1.67. The molecule has 2 N–H and O–H groups in total. The highest BCUT2D eigenvalue weighted by Crippen LogP contribution is 2.25. The SMILES string of the molecule is COc1cccc(CCN[C@H](C(=O)c2c[nH]c3ccccc23)c2ccccc2)c1. The second-order valence-corrected chi connectivity index (χ2v) is 7.01. The number of hydrogen-bond donors (Lipinski definition) is 2. The summed E-state index contributed by atoms with van der Waals surface area (Å²) in [4.78, 5) is 16.7. The van der Waals surface area contributed by atoms with Gasteiger partial charge in [0, 0.05) is 29.2 Å². The van der Waals surface area contributed by atoms with Crippen molar-refractivity contribution in [3.05, 3.63) is 102 Å². The molecule has 4 rings (SSSR count). The molecular weight excluding hydrogens is 360 g/mol. The van der Waals surface area contributed by atoms with E-state index in [2.05, 4.69) is 16.4 Å². The van der Waals surface area contributed by atoms with Crippen molar-refractivity contribution >= 4 is 16.7 Å². The summed E-state index contributed by atoms with van der Waals surface area (Å²) in [5.41, 5.74) is 3.82. The molecule has 0 amide bonds. The van der Waals surface area contributed by atoms with E-state index in [0.29, 0.717) is 12.1 Å². The van der Waals surface area contributed by atoms with Gasteiger partial charge in [0.25, 0.3) is 0 Å². The number of carbonyl (C=O) groups is 1. The largest absolute Gasteiger partial charge is 0.497 e. The number of hydrogen-bond acceptors (Lipinski definition) is 3. The monoisotopic (exact) mass is 384 g/mol. The zero-order chi connectivity index (χ0) is 20.1. The van der Waals surface area contributed by atoms with Crippen LogP contribution in [0.3, 0.4) is 0 Å². The summed E-state index contributed by atoms with van der Waals surface area (Å²) in [5, 5.41) is 4.42. The van der Waals surface area contributed by atoms with Crippen LogP contribution in [0.5, 0.6) is 5.75 Å². The highest BCUT2D eigenvalue weighted by Gasteiger charge is 2.23. The number of methoxy groups -OCH3 is 1. The van der Waals surface area contributed by atoms with Crippen molar-refractivity contribution in [3.63, 3.8) is 0 Å². The number of fused-ring (bicyclic) bond motifs is 1. The first-order chi connectivity index (χ1) is 14.3. The summed E-state index contributed by atoms with van der Waals surface area (Å²) < 4.78 is 5.30. The van der Waals surface area contributed by atoms with E-state index in [4.69, 9.17) is 4.74 Å². The Morgan fingerprint density at radius 3 is 2.62 bits per heavy atom. The molecule has 1 heterocycles. The lowest BCUT2D eigenvalue weighted by Crippen LogP contribution is -2.30. The predicted octanol–water partition coefficient (Wildman–Crippen LogP) is 4.93. The van der Waals surface area contributed by atoms with E-state index in [1.165, 1.54) is 5.56 Å². The third-order valence-corrected chi connectivity index (χ3v) is 5.15.